The molecular weight excluding hydrogens is 196 g/mol. The Labute approximate surface area is 95.5 Å². The number of hydrogen-bond acceptors (Lipinski definition) is 2. The molecule has 1 aromatic heterocycles. The van der Waals surface area contributed by atoms with Crippen molar-refractivity contribution in [2.75, 3.05) is 0 Å². The smallest absolute Gasteiger partial charge is 0.0705 e. The van der Waals surface area contributed by atoms with Gasteiger partial charge in [0.2, 0.25) is 0 Å². The molecule has 1 heterocycles. The van der Waals surface area contributed by atoms with E-state index in [2.05, 4.69) is 35.3 Å². The molecular formula is C14H16N2. The van der Waals surface area contributed by atoms with Crippen LogP contribution in [0, 0.1) is 6.92 Å². The molecule has 0 spiro atoms. The average molecular weight is 212 g/mol. The van der Waals surface area contributed by atoms with Crippen molar-refractivity contribution in [1.29, 1.82) is 0 Å². The Morgan fingerprint density at radius 3 is 2.81 bits per heavy atom. The number of benzene rings is 1. The highest BCUT2D eigenvalue weighted by Gasteiger charge is 2.37. The molecule has 0 saturated heterocycles. The predicted molar refractivity (Wildman–Crippen MR) is 66.3 cm³/mol. The van der Waals surface area contributed by atoms with Crippen LogP contribution in [0.15, 0.2) is 30.3 Å². The molecule has 0 amide bonds. The molecule has 0 radical (unpaired) electrons. The van der Waals surface area contributed by atoms with E-state index in [9.17, 15) is 0 Å². The second kappa shape index (κ2) is 3.29. The molecule has 2 heteroatoms. The van der Waals surface area contributed by atoms with Gasteiger partial charge in [0, 0.05) is 16.6 Å². The van der Waals surface area contributed by atoms with Crippen molar-refractivity contribution in [2.45, 2.75) is 31.7 Å². The topological polar surface area (TPSA) is 38.9 Å². The van der Waals surface area contributed by atoms with E-state index in [0.29, 0.717) is 0 Å². The van der Waals surface area contributed by atoms with Gasteiger partial charge in [-0.3, -0.25) is 4.98 Å². The first kappa shape index (κ1) is 9.79. The van der Waals surface area contributed by atoms with Crippen molar-refractivity contribution in [1.82, 2.24) is 4.98 Å². The van der Waals surface area contributed by atoms with Gasteiger partial charge in [-0.1, -0.05) is 12.1 Å². The summed E-state index contributed by atoms with van der Waals surface area (Å²) in [7, 11) is 0. The van der Waals surface area contributed by atoms with Gasteiger partial charge >= 0.3 is 0 Å². The van der Waals surface area contributed by atoms with Crippen molar-refractivity contribution in [3.8, 4) is 0 Å². The molecule has 3 rings (SSSR count). The monoisotopic (exact) mass is 212 g/mol. The van der Waals surface area contributed by atoms with Crippen LogP contribution in [-0.2, 0) is 6.42 Å². The lowest BCUT2D eigenvalue weighted by atomic mass is 10.0. The van der Waals surface area contributed by atoms with E-state index in [1.54, 1.807) is 0 Å². The Hall–Kier alpha value is -1.41. The van der Waals surface area contributed by atoms with Crippen LogP contribution in [0.25, 0.3) is 10.9 Å². The number of nitrogens with two attached hydrogens (primary N) is 1. The minimum atomic E-state index is 0.0891. The summed E-state index contributed by atoms with van der Waals surface area (Å²) in [6.07, 6.45) is 3.32. The summed E-state index contributed by atoms with van der Waals surface area (Å²) in [5.41, 5.74) is 9.69. The van der Waals surface area contributed by atoms with E-state index in [0.717, 1.165) is 30.5 Å². The molecule has 0 atom stereocenters. The fourth-order valence-electron chi connectivity index (χ4n) is 2.13. The lowest BCUT2D eigenvalue weighted by Crippen LogP contribution is -2.24. The second-order valence-corrected chi connectivity index (χ2v) is 5.02. The van der Waals surface area contributed by atoms with Crippen molar-refractivity contribution < 1.29 is 0 Å². The van der Waals surface area contributed by atoms with Crippen molar-refractivity contribution in [3.05, 3.63) is 41.6 Å². The van der Waals surface area contributed by atoms with Crippen molar-refractivity contribution in [2.24, 2.45) is 5.73 Å². The van der Waals surface area contributed by atoms with Gasteiger partial charge in [0.05, 0.1) is 5.52 Å². The van der Waals surface area contributed by atoms with E-state index in [-0.39, 0.29) is 5.54 Å². The summed E-state index contributed by atoms with van der Waals surface area (Å²) in [6, 6.07) is 10.7. The Bertz CT molecular complexity index is 541. The molecule has 82 valence electrons. The Balaban J connectivity index is 1.99. The molecule has 0 aliphatic heterocycles. The van der Waals surface area contributed by atoms with E-state index in [1.807, 2.05) is 6.92 Å². The molecule has 2 nitrogen and oxygen atoms in total. The summed E-state index contributed by atoms with van der Waals surface area (Å²) in [5, 5.41) is 1.22. The van der Waals surface area contributed by atoms with Gasteiger partial charge in [-0.25, -0.2) is 0 Å². The summed E-state index contributed by atoms with van der Waals surface area (Å²) in [4.78, 5) is 4.50. The van der Waals surface area contributed by atoms with Gasteiger partial charge in [0.15, 0.2) is 0 Å². The van der Waals surface area contributed by atoms with Crippen LogP contribution in [0.1, 0.15) is 24.1 Å². The quantitative estimate of drug-likeness (QED) is 0.831. The zero-order valence-electron chi connectivity index (χ0n) is 9.53. The van der Waals surface area contributed by atoms with Gasteiger partial charge in [-0.15, -0.1) is 0 Å². The van der Waals surface area contributed by atoms with Crippen LogP contribution in [0.4, 0.5) is 0 Å². The van der Waals surface area contributed by atoms with Crippen molar-refractivity contribution >= 4 is 10.9 Å². The SMILES string of the molecule is Cc1ccc2cc(CC3(N)CC3)ccc2n1. The first-order chi connectivity index (χ1) is 7.65. The highest BCUT2D eigenvalue weighted by molar-refractivity contribution is 5.79. The maximum absolute atomic E-state index is 6.13. The summed E-state index contributed by atoms with van der Waals surface area (Å²) in [6.45, 7) is 2.02. The molecule has 16 heavy (non-hydrogen) atoms. The summed E-state index contributed by atoms with van der Waals surface area (Å²) >= 11 is 0. The minimum Gasteiger partial charge on any atom is -0.325 e. The van der Waals surface area contributed by atoms with E-state index in [4.69, 9.17) is 5.73 Å². The third-order valence-electron chi connectivity index (χ3n) is 3.34. The molecule has 2 aromatic rings. The minimum absolute atomic E-state index is 0.0891. The average Bonchev–Trinajstić information content (AvgIpc) is 2.96. The van der Waals surface area contributed by atoms with E-state index < -0.39 is 0 Å². The van der Waals surface area contributed by atoms with E-state index >= 15 is 0 Å². The first-order valence-electron chi connectivity index (χ1n) is 5.80. The molecule has 0 unspecified atom stereocenters. The van der Waals surface area contributed by atoms with Gasteiger partial charge in [-0.05, 0) is 49.9 Å². The van der Waals surface area contributed by atoms with E-state index in [1.165, 1.54) is 10.9 Å². The Kier molecular flexibility index (Phi) is 2.01. The molecule has 1 saturated carbocycles. The molecule has 1 aromatic carbocycles. The second-order valence-electron chi connectivity index (χ2n) is 5.02. The number of fused-ring (bicyclic) bond motifs is 1. The zero-order chi connectivity index (χ0) is 11.2. The Morgan fingerprint density at radius 2 is 2.06 bits per heavy atom. The van der Waals surface area contributed by atoms with Crippen LogP contribution >= 0.6 is 0 Å². The first-order valence-corrected chi connectivity index (χ1v) is 5.80. The number of pyridine rings is 1. The van der Waals surface area contributed by atoms with Gasteiger partial charge in [0.25, 0.3) is 0 Å². The van der Waals surface area contributed by atoms with Crippen LogP contribution in [0.5, 0.6) is 0 Å². The van der Waals surface area contributed by atoms with Crippen LogP contribution in [0.2, 0.25) is 0 Å². The molecule has 2 N–H and O–H groups in total. The molecule has 1 aliphatic carbocycles. The van der Waals surface area contributed by atoms with Crippen LogP contribution < -0.4 is 5.73 Å². The lowest BCUT2D eigenvalue weighted by molar-refractivity contribution is 0.672. The van der Waals surface area contributed by atoms with Crippen LogP contribution in [-0.4, -0.2) is 10.5 Å². The standard InChI is InChI=1S/C14H16N2/c1-10-2-4-12-8-11(3-5-13(12)16-10)9-14(15)6-7-14/h2-5,8H,6-7,9,15H2,1H3. The maximum Gasteiger partial charge on any atom is 0.0705 e. The van der Waals surface area contributed by atoms with Gasteiger partial charge in [0.1, 0.15) is 0 Å². The third kappa shape index (κ3) is 1.81. The van der Waals surface area contributed by atoms with Gasteiger partial charge < -0.3 is 5.73 Å². The fraction of sp³-hybridized carbons (Fsp3) is 0.357. The third-order valence-corrected chi connectivity index (χ3v) is 3.34. The highest BCUT2D eigenvalue weighted by atomic mass is 14.8. The normalized spacial score (nSPS) is 17.6. The summed E-state index contributed by atoms with van der Waals surface area (Å²) in [5.74, 6) is 0. The Morgan fingerprint density at radius 1 is 1.25 bits per heavy atom. The highest BCUT2D eigenvalue weighted by Crippen LogP contribution is 2.35. The fourth-order valence-corrected chi connectivity index (χ4v) is 2.13. The molecule has 1 fully saturated rings. The van der Waals surface area contributed by atoms with Gasteiger partial charge in [-0.2, -0.15) is 0 Å². The number of hydrogen-bond donors (Lipinski definition) is 1. The van der Waals surface area contributed by atoms with Crippen LogP contribution in [0.3, 0.4) is 0 Å². The maximum atomic E-state index is 6.13. The van der Waals surface area contributed by atoms with Crippen molar-refractivity contribution in [3.63, 3.8) is 0 Å². The largest absolute Gasteiger partial charge is 0.325 e. The molecule has 0 bridgehead atoms. The summed E-state index contributed by atoms with van der Waals surface area (Å²) < 4.78 is 0. The number of aryl methyl sites for hydroxylation is 1. The molecule has 1 aliphatic rings. The number of nitrogens with zero attached hydrogens (tertiary/aromatic N) is 1. The number of aromatic nitrogens is 1. The lowest BCUT2D eigenvalue weighted by Gasteiger charge is -2.09. The zero-order valence-corrected chi connectivity index (χ0v) is 9.53. The number of rotatable bonds is 2. The predicted octanol–water partition coefficient (Wildman–Crippen LogP) is 2.58.